The molecule has 4 atom stereocenters. The largest absolute Gasteiger partial charge is 0.362 e. The summed E-state index contributed by atoms with van der Waals surface area (Å²) in [4.78, 5) is 24.7. The van der Waals surface area contributed by atoms with Gasteiger partial charge in [-0.25, -0.2) is 0 Å². The molecular formula is C10H11NO3. The molecule has 0 aromatic carbocycles. The van der Waals surface area contributed by atoms with Crippen LogP contribution in [0.5, 0.6) is 0 Å². The number of ether oxygens (including phenoxy) is 1. The molecule has 2 amide bonds. The number of hydrogen-bond acceptors (Lipinski definition) is 3. The average Bonchev–Trinajstić information content (AvgIpc) is 2.72. The summed E-state index contributed by atoms with van der Waals surface area (Å²) in [5.41, 5.74) is -0.549. The summed E-state index contributed by atoms with van der Waals surface area (Å²) in [7, 11) is 1.55. The molecule has 0 aromatic heterocycles. The Morgan fingerprint density at radius 3 is 2.79 bits per heavy atom. The third-order valence-corrected chi connectivity index (χ3v) is 3.55. The lowest BCUT2D eigenvalue weighted by molar-refractivity contribution is -0.142. The minimum atomic E-state index is -0.549. The lowest BCUT2D eigenvalue weighted by Gasteiger charge is -2.22. The van der Waals surface area contributed by atoms with Crippen molar-refractivity contribution in [1.82, 2.24) is 4.90 Å². The van der Waals surface area contributed by atoms with Crippen molar-refractivity contribution in [2.75, 3.05) is 7.05 Å². The van der Waals surface area contributed by atoms with Gasteiger partial charge in [0.25, 0.3) is 0 Å². The van der Waals surface area contributed by atoms with Gasteiger partial charge in [-0.3, -0.25) is 14.5 Å². The highest BCUT2D eigenvalue weighted by molar-refractivity contribution is 6.06. The van der Waals surface area contributed by atoms with E-state index in [0.717, 1.165) is 0 Å². The quantitative estimate of drug-likeness (QED) is 0.400. The SMILES string of the molecule is CN1C(=O)C2C3C=CC(C)(O3)C2C1=O. The molecule has 2 fully saturated rings. The Morgan fingerprint density at radius 2 is 2.14 bits per heavy atom. The van der Waals surface area contributed by atoms with Crippen LogP contribution < -0.4 is 0 Å². The van der Waals surface area contributed by atoms with Crippen LogP contribution in [0, 0.1) is 11.8 Å². The summed E-state index contributed by atoms with van der Waals surface area (Å²) < 4.78 is 5.64. The third kappa shape index (κ3) is 0.661. The highest BCUT2D eigenvalue weighted by Gasteiger charge is 2.64. The topological polar surface area (TPSA) is 46.6 Å². The molecule has 0 aromatic rings. The number of fused-ring (bicyclic) bond motifs is 5. The van der Waals surface area contributed by atoms with Gasteiger partial charge in [0, 0.05) is 7.05 Å². The Balaban J connectivity index is 2.13. The van der Waals surface area contributed by atoms with Gasteiger partial charge in [-0.2, -0.15) is 0 Å². The molecule has 0 aliphatic carbocycles. The first kappa shape index (κ1) is 8.17. The monoisotopic (exact) mass is 193 g/mol. The highest BCUT2D eigenvalue weighted by Crippen LogP contribution is 2.50. The number of rotatable bonds is 0. The van der Waals surface area contributed by atoms with Crippen molar-refractivity contribution < 1.29 is 14.3 Å². The van der Waals surface area contributed by atoms with Gasteiger partial charge in [0.15, 0.2) is 0 Å². The number of nitrogens with zero attached hydrogens (tertiary/aromatic N) is 1. The van der Waals surface area contributed by atoms with Gasteiger partial charge in [-0.15, -0.1) is 0 Å². The summed E-state index contributed by atoms with van der Waals surface area (Å²) in [6, 6.07) is 0. The molecule has 3 rings (SSSR count). The Kier molecular flexibility index (Phi) is 1.22. The maximum absolute atomic E-state index is 11.8. The van der Waals surface area contributed by atoms with Crippen molar-refractivity contribution in [2.24, 2.45) is 11.8 Å². The van der Waals surface area contributed by atoms with Crippen molar-refractivity contribution in [3.05, 3.63) is 12.2 Å². The zero-order valence-electron chi connectivity index (χ0n) is 8.06. The molecular weight excluding hydrogens is 182 g/mol. The summed E-state index contributed by atoms with van der Waals surface area (Å²) in [6.07, 6.45) is 3.61. The molecule has 0 radical (unpaired) electrons. The summed E-state index contributed by atoms with van der Waals surface area (Å²) in [5, 5.41) is 0. The Labute approximate surface area is 81.5 Å². The molecule has 4 heteroatoms. The first-order valence-electron chi connectivity index (χ1n) is 4.73. The first-order valence-corrected chi connectivity index (χ1v) is 4.73. The molecule has 4 nitrogen and oxygen atoms in total. The summed E-state index contributed by atoms with van der Waals surface area (Å²) in [6.45, 7) is 1.87. The van der Waals surface area contributed by atoms with Crippen LogP contribution >= 0.6 is 0 Å². The molecule has 3 aliphatic rings. The Morgan fingerprint density at radius 1 is 1.43 bits per heavy atom. The van der Waals surface area contributed by atoms with Gasteiger partial charge >= 0.3 is 0 Å². The summed E-state index contributed by atoms with van der Waals surface area (Å²) in [5.74, 6) is -0.773. The van der Waals surface area contributed by atoms with Crippen LogP contribution in [0.1, 0.15) is 6.92 Å². The van der Waals surface area contributed by atoms with E-state index >= 15 is 0 Å². The van der Waals surface area contributed by atoms with Crippen LogP contribution in [-0.4, -0.2) is 35.5 Å². The minimum Gasteiger partial charge on any atom is -0.362 e. The van der Waals surface area contributed by atoms with E-state index in [2.05, 4.69) is 0 Å². The second kappa shape index (κ2) is 2.08. The molecule has 0 N–H and O–H groups in total. The molecule has 74 valence electrons. The van der Waals surface area contributed by atoms with Crippen molar-refractivity contribution in [2.45, 2.75) is 18.6 Å². The number of imide groups is 1. The fourth-order valence-electron chi connectivity index (χ4n) is 2.80. The predicted molar refractivity (Wildman–Crippen MR) is 47.2 cm³/mol. The smallest absolute Gasteiger partial charge is 0.236 e. The van der Waals surface area contributed by atoms with E-state index in [9.17, 15) is 9.59 Å². The van der Waals surface area contributed by atoms with Crippen LogP contribution in [0.25, 0.3) is 0 Å². The maximum Gasteiger partial charge on any atom is 0.236 e. The van der Waals surface area contributed by atoms with Gasteiger partial charge in [0.2, 0.25) is 11.8 Å². The molecule has 14 heavy (non-hydrogen) atoms. The fourth-order valence-corrected chi connectivity index (χ4v) is 2.80. The van der Waals surface area contributed by atoms with Gasteiger partial charge in [0.05, 0.1) is 23.5 Å². The first-order chi connectivity index (χ1) is 6.54. The maximum atomic E-state index is 11.8. The number of hydrogen-bond donors (Lipinski definition) is 0. The molecule has 2 saturated heterocycles. The van der Waals surface area contributed by atoms with E-state index in [1.807, 2.05) is 19.1 Å². The van der Waals surface area contributed by atoms with E-state index in [-0.39, 0.29) is 29.8 Å². The minimum absolute atomic E-state index is 0.0990. The van der Waals surface area contributed by atoms with Gasteiger partial charge < -0.3 is 4.74 Å². The van der Waals surface area contributed by atoms with Gasteiger partial charge in [-0.1, -0.05) is 12.2 Å². The number of carbonyl (C=O) groups is 2. The lowest BCUT2D eigenvalue weighted by atomic mass is 9.78. The van der Waals surface area contributed by atoms with Crippen LogP contribution in [-0.2, 0) is 14.3 Å². The van der Waals surface area contributed by atoms with E-state index in [0.29, 0.717) is 0 Å². The molecule has 3 heterocycles. The highest BCUT2D eigenvalue weighted by atomic mass is 16.5. The van der Waals surface area contributed by atoms with Gasteiger partial charge in [-0.05, 0) is 6.92 Å². The molecule has 3 aliphatic heterocycles. The number of carbonyl (C=O) groups excluding carboxylic acids is 2. The zero-order valence-corrected chi connectivity index (χ0v) is 8.06. The molecule has 4 unspecified atom stereocenters. The van der Waals surface area contributed by atoms with Crippen LogP contribution in [0.15, 0.2) is 12.2 Å². The number of amides is 2. The number of likely N-dealkylation sites (tertiary alicyclic amines) is 1. The van der Waals surface area contributed by atoms with Crippen LogP contribution in [0.3, 0.4) is 0 Å². The standard InChI is InChI=1S/C10H11NO3/c1-10-4-3-5(14-10)6-7(10)9(13)11(2)8(6)12/h3-7H,1-2H3. The van der Waals surface area contributed by atoms with E-state index < -0.39 is 5.60 Å². The predicted octanol–water partition coefficient (Wildman–Crippen LogP) is -0.0553. The molecule has 2 bridgehead atoms. The Bertz CT molecular complexity index is 376. The summed E-state index contributed by atoms with van der Waals surface area (Å²) >= 11 is 0. The van der Waals surface area contributed by atoms with Crippen molar-refractivity contribution in [3.8, 4) is 0 Å². The average molecular weight is 193 g/mol. The van der Waals surface area contributed by atoms with Crippen molar-refractivity contribution in [3.63, 3.8) is 0 Å². The second-order valence-electron chi connectivity index (χ2n) is 4.36. The van der Waals surface area contributed by atoms with E-state index in [4.69, 9.17) is 4.74 Å². The van der Waals surface area contributed by atoms with Gasteiger partial charge in [0.1, 0.15) is 0 Å². The fraction of sp³-hybridized carbons (Fsp3) is 0.600. The zero-order chi connectivity index (χ0) is 10.1. The van der Waals surface area contributed by atoms with E-state index in [1.54, 1.807) is 7.05 Å². The molecule has 0 saturated carbocycles. The lowest BCUT2D eigenvalue weighted by Crippen LogP contribution is -2.36. The van der Waals surface area contributed by atoms with Crippen LogP contribution in [0.4, 0.5) is 0 Å². The molecule has 0 spiro atoms. The second-order valence-corrected chi connectivity index (χ2v) is 4.36. The third-order valence-electron chi connectivity index (χ3n) is 3.55. The Hall–Kier alpha value is -1.16. The van der Waals surface area contributed by atoms with Crippen LogP contribution in [0.2, 0.25) is 0 Å². The van der Waals surface area contributed by atoms with Crippen molar-refractivity contribution >= 4 is 11.8 Å². The van der Waals surface area contributed by atoms with Crippen molar-refractivity contribution in [1.29, 1.82) is 0 Å². The normalized spacial score (nSPS) is 49.3. The van der Waals surface area contributed by atoms with E-state index in [1.165, 1.54) is 4.90 Å².